The smallest absolute Gasteiger partial charge is 0.230 e. The molecular weight excluding hydrogens is 328 g/mol. The van der Waals surface area contributed by atoms with E-state index in [4.69, 9.17) is 9.47 Å². The maximum atomic E-state index is 12.8. The number of hydrogen-bond donors (Lipinski definition) is 2. The van der Waals surface area contributed by atoms with Crippen LogP contribution in [0.1, 0.15) is 39.2 Å². The van der Waals surface area contributed by atoms with Gasteiger partial charge in [-0.2, -0.15) is 0 Å². The number of fused-ring (bicyclic) bond motifs is 1. The molecule has 0 aromatic heterocycles. The zero-order valence-corrected chi connectivity index (χ0v) is 15.4. The Bertz CT molecular complexity index is 592. The lowest BCUT2D eigenvalue weighted by atomic mass is 9.83. The van der Waals surface area contributed by atoms with Gasteiger partial charge in [-0.15, -0.1) is 12.4 Å². The van der Waals surface area contributed by atoms with Gasteiger partial charge in [0.25, 0.3) is 0 Å². The Hall–Kier alpha value is -1.46. The molecule has 2 aliphatic rings. The third-order valence-corrected chi connectivity index (χ3v) is 4.79. The van der Waals surface area contributed by atoms with E-state index in [0.717, 1.165) is 36.4 Å². The number of benzene rings is 1. The number of nitrogens with one attached hydrogen (secondary N) is 2. The third-order valence-electron chi connectivity index (χ3n) is 4.79. The molecule has 0 aliphatic carbocycles. The Morgan fingerprint density at radius 1 is 1.25 bits per heavy atom. The summed E-state index contributed by atoms with van der Waals surface area (Å²) in [4.78, 5) is 12.8. The summed E-state index contributed by atoms with van der Waals surface area (Å²) >= 11 is 0. The first-order valence-electron chi connectivity index (χ1n) is 8.41. The highest BCUT2D eigenvalue weighted by Crippen LogP contribution is 2.35. The largest absolute Gasteiger partial charge is 0.486 e. The Labute approximate surface area is 149 Å². The summed E-state index contributed by atoms with van der Waals surface area (Å²) in [5.41, 5.74) is 0.338. The van der Waals surface area contributed by atoms with Gasteiger partial charge in [0, 0.05) is 12.1 Å². The number of piperidine rings is 1. The molecule has 3 rings (SSSR count). The van der Waals surface area contributed by atoms with Gasteiger partial charge in [0.05, 0.1) is 5.41 Å². The zero-order valence-electron chi connectivity index (χ0n) is 14.6. The molecule has 6 heteroatoms. The summed E-state index contributed by atoms with van der Waals surface area (Å²) in [5.74, 6) is 1.54. The highest BCUT2D eigenvalue weighted by molar-refractivity contribution is 5.87. The van der Waals surface area contributed by atoms with E-state index in [-0.39, 0.29) is 24.4 Å². The van der Waals surface area contributed by atoms with Crippen LogP contribution in [0.4, 0.5) is 0 Å². The average Bonchev–Trinajstić information content (AvgIpc) is 2.54. The molecule has 1 amide bonds. The number of carbonyl (C=O) groups is 1. The van der Waals surface area contributed by atoms with Crippen LogP contribution in [0.3, 0.4) is 0 Å². The predicted molar refractivity (Wildman–Crippen MR) is 96.3 cm³/mol. The molecule has 1 fully saturated rings. The van der Waals surface area contributed by atoms with Gasteiger partial charge in [-0.3, -0.25) is 4.79 Å². The van der Waals surface area contributed by atoms with Crippen molar-refractivity contribution in [1.29, 1.82) is 0 Å². The molecule has 1 aromatic rings. The molecule has 2 aliphatic heterocycles. The van der Waals surface area contributed by atoms with Crippen molar-refractivity contribution < 1.29 is 14.3 Å². The first kappa shape index (κ1) is 18.9. The van der Waals surface area contributed by atoms with E-state index in [1.54, 1.807) is 0 Å². The van der Waals surface area contributed by atoms with E-state index in [9.17, 15) is 4.79 Å². The van der Waals surface area contributed by atoms with Gasteiger partial charge < -0.3 is 20.1 Å². The predicted octanol–water partition coefficient (Wildman–Crippen LogP) is 2.41. The number of ether oxygens (including phenoxy) is 2. The van der Waals surface area contributed by atoms with Crippen molar-refractivity contribution in [3.05, 3.63) is 23.8 Å². The van der Waals surface area contributed by atoms with Crippen LogP contribution in [0, 0.1) is 0 Å². The first-order chi connectivity index (χ1) is 11.0. The monoisotopic (exact) mass is 354 g/mol. The van der Waals surface area contributed by atoms with Crippen molar-refractivity contribution in [2.75, 3.05) is 19.8 Å². The van der Waals surface area contributed by atoms with Crippen LogP contribution in [0.5, 0.6) is 11.5 Å². The van der Waals surface area contributed by atoms with Crippen molar-refractivity contribution in [3.63, 3.8) is 0 Å². The van der Waals surface area contributed by atoms with Crippen LogP contribution in [-0.4, -0.2) is 37.7 Å². The van der Waals surface area contributed by atoms with Gasteiger partial charge in [-0.25, -0.2) is 0 Å². The normalized spacial score (nSPS) is 23.1. The molecule has 0 bridgehead atoms. The lowest BCUT2D eigenvalue weighted by Crippen LogP contribution is -2.50. The molecular formula is C18H27ClN2O3. The second-order valence-corrected chi connectivity index (χ2v) is 7.03. The number of amides is 1. The van der Waals surface area contributed by atoms with Crippen LogP contribution in [0.2, 0.25) is 0 Å². The van der Waals surface area contributed by atoms with Gasteiger partial charge in [-0.1, -0.05) is 6.07 Å². The second-order valence-electron chi connectivity index (χ2n) is 7.03. The van der Waals surface area contributed by atoms with Crippen LogP contribution in [0.25, 0.3) is 0 Å². The minimum absolute atomic E-state index is 0. The highest BCUT2D eigenvalue weighted by atomic mass is 35.5. The van der Waals surface area contributed by atoms with Crippen molar-refractivity contribution in [2.24, 2.45) is 0 Å². The molecule has 2 heterocycles. The SMILES string of the molecule is CC1CC(NC(=O)C(C)(C)c2ccc3c(c2)OCCO3)CCN1.Cl. The van der Waals surface area contributed by atoms with E-state index in [1.807, 2.05) is 32.0 Å². The van der Waals surface area contributed by atoms with Crippen LogP contribution in [0.15, 0.2) is 18.2 Å². The lowest BCUT2D eigenvalue weighted by Gasteiger charge is -2.32. The summed E-state index contributed by atoms with van der Waals surface area (Å²) in [6.45, 7) is 8.15. The molecule has 134 valence electrons. The topological polar surface area (TPSA) is 59.6 Å². The summed E-state index contributed by atoms with van der Waals surface area (Å²) in [5, 5.41) is 6.63. The first-order valence-corrected chi connectivity index (χ1v) is 8.41. The summed E-state index contributed by atoms with van der Waals surface area (Å²) in [6.07, 6.45) is 1.95. The number of carbonyl (C=O) groups excluding carboxylic acids is 1. The highest BCUT2D eigenvalue weighted by Gasteiger charge is 2.33. The average molecular weight is 355 g/mol. The summed E-state index contributed by atoms with van der Waals surface area (Å²) < 4.78 is 11.2. The van der Waals surface area contributed by atoms with Gasteiger partial charge in [0.15, 0.2) is 11.5 Å². The molecule has 0 saturated carbocycles. The van der Waals surface area contributed by atoms with Crippen molar-refractivity contribution >= 4 is 18.3 Å². The van der Waals surface area contributed by atoms with E-state index >= 15 is 0 Å². The van der Waals surface area contributed by atoms with Gasteiger partial charge in [-0.05, 0) is 57.9 Å². The number of halogens is 1. The molecule has 2 unspecified atom stereocenters. The van der Waals surface area contributed by atoms with E-state index in [0.29, 0.717) is 19.3 Å². The molecule has 2 N–H and O–H groups in total. The maximum absolute atomic E-state index is 12.8. The van der Waals surface area contributed by atoms with Gasteiger partial charge in [0.2, 0.25) is 5.91 Å². The van der Waals surface area contributed by atoms with E-state index in [1.165, 1.54) is 0 Å². The third kappa shape index (κ3) is 3.95. The maximum Gasteiger partial charge on any atom is 0.230 e. The molecule has 0 spiro atoms. The van der Waals surface area contributed by atoms with Crippen LogP contribution in [-0.2, 0) is 10.2 Å². The standard InChI is InChI=1S/C18H26N2O3.ClH/c1-12-10-14(6-7-19-12)20-17(21)18(2,3)13-4-5-15-16(11-13)23-9-8-22-15;/h4-5,11-12,14,19H,6-10H2,1-3H3,(H,20,21);1H. The van der Waals surface area contributed by atoms with Crippen molar-refractivity contribution in [3.8, 4) is 11.5 Å². The quantitative estimate of drug-likeness (QED) is 0.875. The molecule has 24 heavy (non-hydrogen) atoms. The van der Waals surface area contributed by atoms with Crippen molar-refractivity contribution in [2.45, 2.75) is 51.1 Å². The molecule has 5 nitrogen and oxygen atoms in total. The molecule has 0 radical (unpaired) electrons. The number of rotatable bonds is 3. The lowest BCUT2D eigenvalue weighted by molar-refractivity contribution is -0.126. The fourth-order valence-corrected chi connectivity index (χ4v) is 3.19. The summed E-state index contributed by atoms with van der Waals surface area (Å²) in [6, 6.07) is 6.48. The fraction of sp³-hybridized carbons (Fsp3) is 0.611. The van der Waals surface area contributed by atoms with Gasteiger partial charge in [0.1, 0.15) is 13.2 Å². The van der Waals surface area contributed by atoms with Crippen LogP contribution < -0.4 is 20.1 Å². The second kappa shape index (κ2) is 7.62. The zero-order chi connectivity index (χ0) is 16.4. The summed E-state index contributed by atoms with van der Waals surface area (Å²) in [7, 11) is 0. The Morgan fingerprint density at radius 3 is 2.67 bits per heavy atom. The fourth-order valence-electron chi connectivity index (χ4n) is 3.19. The Morgan fingerprint density at radius 2 is 1.96 bits per heavy atom. The van der Waals surface area contributed by atoms with Gasteiger partial charge >= 0.3 is 0 Å². The van der Waals surface area contributed by atoms with Crippen molar-refractivity contribution in [1.82, 2.24) is 10.6 Å². The Balaban J connectivity index is 0.00000208. The molecule has 1 aromatic carbocycles. The molecule has 2 atom stereocenters. The number of hydrogen-bond acceptors (Lipinski definition) is 4. The Kier molecular flexibility index (Phi) is 5.99. The minimum Gasteiger partial charge on any atom is -0.486 e. The minimum atomic E-state index is -0.607. The van der Waals surface area contributed by atoms with E-state index < -0.39 is 5.41 Å². The van der Waals surface area contributed by atoms with Crippen LogP contribution >= 0.6 is 12.4 Å². The molecule has 1 saturated heterocycles. The van der Waals surface area contributed by atoms with E-state index in [2.05, 4.69) is 17.6 Å².